The second kappa shape index (κ2) is 4.94. The van der Waals surface area contributed by atoms with Gasteiger partial charge in [0.05, 0.1) is 7.14 Å². The van der Waals surface area contributed by atoms with Crippen LogP contribution in [0, 0.1) is 13.8 Å². The number of aryl methyl sites for hydroxylation is 2. The fourth-order valence-corrected chi connectivity index (χ4v) is 3.40. The zero-order chi connectivity index (χ0) is 11.5. The lowest BCUT2D eigenvalue weighted by Gasteiger charge is -2.14. The summed E-state index contributed by atoms with van der Waals surface area (Å²) in [5.74, 6) is 0. The minimum absolute atomic E-state index is 0.655. The van der Waals surface area contributed by atoms with E-state index in [0.29, 0.717) is 6.16 Å². The van der Waals surface area contributed by atoms with E-state index in [1.807, 2.05) is 32.9 Å². The fraction of sp³-hybridized carbons (Fsp3) is 0.583. The number of hydrogen-bond donors (Lipinski definition) is 0. The van der Waals surface area contributed by atoms with Gasteiger partial charge in [-0.15, -0.1) is 0 Å². The van der Waals surface area contributed by atoms with Gasteiger partial charge < -0.3 is 4.57 Å². The summed E-state index contributed by atoms with van der Waals surface area (Å²) in [5, 5.41) is 0. The third-order valence-electron chi connectivity index (χ3n) is 2.75. The van der Waals surface area contributed by atoms with E-state index in [9.17, 15) is 4.57 Å². The number of rotatable bonds is 4. The molecule has 0 saturated heterocycles. The molecule has 15 heavy (non-hydrogen) atoms. The largest absolute Gasteiger partial charge is 0.323 e. The van der Waals surface area contributed by atoms with E-state index in [0.717, 1.165) is 23.7 Å². The normalized spacial score (nSPS) is 11.7. The first-order valence-corrected chi connectivity index (χ1v) is 7.76. The van der Waals surface area contributed by atoms with Crippen molar-refractivity contribution in [2.24, 2.45) is 0 Å². The molecule has 0 N–H and O–H groups in total. The van der Waals surface area contributed by atoms with Crippen molar-refractivity contribution >= 4 is 7.14 Å². The van der Waals surface area contributed by atoms with E-state index in [2.05, 4.69) is 11.9 Å². The molecule has 0 aliphatic rings. The Kier molecular flexibility index (Phi) is 4.10. The van der Waals surface area contributed by atoms with Crippen LogP contribution in [0.3, 0.4) is 0 Å². The van der Waals surface area contributed by atoms with Crippen LogP contribution in [0.1, 0.15) is 30.8 Å². The number of pyridine rings is 1. The maximum atomic E-state index is 12.3. The monoisotopic (exact) mass is 225 g/mol. The summed E-state index contributed by atoms with van der Waals surface area (Å²) in [6, 6.07) is 4.09. The van der Waals surface area contributed by atoms with Crippen molar-refractivity contribution in [2.45, 2.75) is 33.9 Å². The van der Waals surface area contributed by atoms with Crippen LogP contribution >= 0.6 is 7.14 Å². The van der Waals surface area contributed by atoms with Gasteiger partial charge in [0.1, 0.15) is 0 Å². The molecule has 0 saturated carbocycles. The van der Waals surface area contributed by atoms with E-state index < -0.39 is 7.14 Å². The number of aromatic nitrogens is 1. The summed E-state index contributed by atoms with van der Waals surface area (Å²) in [7, 11) is -2.01. The molecule has 0 unspecified atom stereocenters. The van der Waals surface area contributed by atoms with Crippen LogP contribution in [-0.2, 0) is 10.7 Å². The molecule has 0 bridgehead atoms. The average Bonchev–Trinajstić information content (AvgIpc) is 2.16. The van der Waals surface area contributed by atoms with Crippen LogP contribution in [0.5, 0.6) is 0 Å². The minimum Gasteiger partial charge on any atom is -0.323 e. The van der Waals surface area contributed by atoms with Crippen LogP contribution in [-0.4, -0.2) is 17.3 Å². The predicted molar refractivity (Wildman–Crippen MR) is 66.1 cm³/mol. The van der Waals surface area contributed by atoms with Gasteiger partial charge in [-0.2, -0.15) is 0 Å². The van der Waals surface area contributed by atoms with Gasteiger partial charge in [0, 0.05) is 17.5 Å². The molecule has 1 heterocycles. The summed E-state index contributed by atoms with van der Waals surface area (Å²) in [6.07, 6.45) is 2.21. The molecule has 0 spiro atoms. The van der Waals surface area contributed by atoms with Crippen molar-refractivity contribution in [2.75, 3.05) is 12.3 Å². The standard InChI is InChI=1S/C12H20NOP/c1-5-15(14,6-2)9-12-8-10(3)7-11(4)13-12/h7-8H,5-6,9H2,1-4H3. The van der Waals surface area contributed by atoms with Gasteiger partial charge in [-0.1, -0.05) is 13.8 Å². The van der Waals surface area contributed by atoms with Crippen LogP contribution in [0.2, 0.25) is 0 Å². The molecule has 0 aromatic carbocycles. The van der Waals surface area contributed by atoms with Crippen LogP contribution in [0.15, 0.2) is 12.1 Å². The molecule has 0 aliphatic heterocycles. The zero-order valence-corrected chi connectivity index (χ0v) is 11.0. The fourth-order valence-electron chi connectivity index (χ4n) is 1.75. The van der Waals surface area contributed by atoms with E-state index in [1.54, 1.807) is 0 Å². The van der Waals surface area contributed by atoms with Gasteiger partial charge in [0.2, 0.25) is 0 Å². The molecule has 2 nitrogen and oxygen atoms in total. The molecular formula is C12H20NOP. The van der Waals surface area contributed by atoms with Crippen LogP contribution in [0.25, 0.3) is 0 Å². The summed E-state index contributed by atoms with van der Waals surface area (Å²) in [4.78, 5) is 4.44. The van der Waals surface area contributed by atoms with Crippen LogP contribution < -0.4 is 0 Å². The highest BCUT2D eigenvalue weighted by molar-refractivity contribution is 7.63. The maximum Gasteiger partial charge on any atom is 0.0929 e. The SMILES string of the molecule is CCP(=O)(CC)Cc1cc(C)cc(C)n1. The second-order valence-electron chi connectivity index (χ2n) is 4.13. The first-order chi connectivity index (χ1) is 6.99. The molecule has 3 heteroatoms. The second-order valence-corrected chi connectivity index (χ2v) is 7.82. The Balaban J connectivity index is 2.93. The Morgan fingerprint density at radius 1 is 1.20 bits per heavy atom. The maximum absolute atomic E-state index is 12.3. The van der Waals surface area contributed by atoms with Crippen molar-refractivity contribution < 1.29 is 4.57 Å². The molecule has 1 rings (SSSR count). The Hall–Kier alpha value is -0.620. The van der Waals surface area contributed by atoms with E-state index >= 15 is 0 Å². The van der Waals surface area contributed by atoms with Gasteiger partial charge >= 0.3 is 0 Å². The Morgan fingerprint density at radius 3 is 2.27 bits per heavy atom. The summed E-state index contributed by atoms with van der Waals surface area (Å²) < 4.78 is 12.3. The molecule has 0 radical (unpaired) electrons. The van der Waals surface area contributed by atoms with Gasteiger partial charge in [0.15, 0.2) is 0 Å². The highest BCUT2D eigenvalue weighted by Gasteiger charge is 2.18. The number of nitrogens with zero attached hydrogens (tertiary/aromatic N) is 1. The van der Waals surface area contributed by atoms with Crippen molar-refractivity contribution in [1.29, 1.82) is 0 Å². The molecule has 0 aliphatic carbocycles. The third kappa shape index (κ3) is 3.46. The van der Waals surface area contributed by atoms with E-state index in [4.69, 9.17) is 0 Å². The lowest BCUT2D eigenvalue weighted by Crippen LogP contribution is -1.98. The molecule has 0 fully saturated rings. The van der Waals surface area contributed by atoms with Gasteiger partial charge in [-0.25, -0.2) is 0 Å². The highest BCUT2D eigenvalue weighted by atomic mass is 31.2. The Labute approximate surface area is 92.5 Å². The van der Waals surface area contributed by atoms with Gasteiger partial charge in [-0.05, 0) is 43.9 Å². The van der Waals surface area contributed by atoms with Crippen LogP contribution in [0.4, 0.5) is 0 Å². The topological polar surface area (TPSA) is 30.0 Å². The van der Waals surface area contributed by atoms with Crippen molar-refractivity contribution in [3.05, 3.63) is 29.1 Å². The third-order valence-corrected chi connectivity index (χ3v) is 5.96. The first kappa shape index (κ1) is 12.4. The summed E-state index contributed by atoms with van der Waals surface area (Å²) in [6.45, 7) is 8.06. The molecule has 0 amide bonds. The van der Waals surface area contributed by atoms with Crippen molar-refractivity contribution in [3.8, 4) is 0 Å². The van der Waals surface area contributed by atoms with Gasteiger partial charge in [-0.3, -0.25) is 4.98 Å². The lowest BCUT2D eigenvalue weighted by molar-refractivity contribution is 0.575. The van der Waals surface area contributed by atoms with Gasteiger partial charge in [0.25, 0.3) is 0 Å². The quantitative estimate of drug-likeness (QED) is 0.733. The zero-order valence-electron chi connectivity index (χ0n) is 10.1. The Bertz CT molecular complexity index is 359. The van der Waals surface area contributed by atoms with E-state index in [-0.39, 0.29) is 0 Å². The van der Waals surface area contributed by atoms with Crippen molar-refractivity contribution in [1.82, 2.24) is 4.98 Å². The minimum atomic E-state index is -2.01. The molecule has 0 atom stereocenters. The summed E-state index contributed by atoms with van der Waals surface area (Å²) in [5.41, 5.74) is 3.21. The van der Waals surface area contributed by atoms with Crippen molar-refractivity contribution in [3.63, 3.8) is 0 Å². The molecule has 1 aromatic rings. The molecular weight excluding hydrogens is 205 g/mol. The predicted octanol–water partition coefficient (Wildman–Crippen LogP) is 3.60. The first-order valence-electron chi connectivity index (χ1n) is 5.50. The van der Waals surface area contributed by atoms with E-state index in [1.165, 1.54) is 5.56 Å². The average molecular weight is 225 g/mol. The summed E-state index contributed by atoms with van der Waals surface area (Å²) >= 11 is 0. The highest BCUT2D eigenvalue weighted by Crippen LogP contribution is 2.47. The lowest BCUT2D eigenvalue weighted by atomic mass is 10.2. The molecule has 84 valence electrons. The smallest absolute Gasteiger partial charge is 0.0929 e. The molecule has 1 aromatic heterocycles. The Morgan fingerprint density at radius 2 is 1.80 bits per heavy atom. The number of hydrogen-bond acceptors (Lipinski definition) is 2.